The molecule has 1 rings (SSSR count). The van der Waals surface area contributed by atoms with Crippen LogP contribution in [0.3, 0.4) is 0 Å². The van der Waals surface area contributed by atoms with Gasteiger partial charge in [0.1, 0.15) is 0 Å². The molecule has 1 aromatic rings. The van der Waals surface area contributed by atoms with E-state index in [4.69, 9.17) is 0 Å². The summed E-state index contributed by atoms with van der Waals surface area (Å²) in [7, 11) is 1.57. The van der Waals surface area contributed by atoms with E-state index in [9.17, 15) is 22.8 Å². The van der Waals surface area contributed by atoms with Crippen molar-refractivity contribution in [1.82, 2.24) is 0 Å². The first-order valence-electron chi connectivity index (χ1n) is 5.54. The lowest BCUT2D eigenvalue weighted by Gasteiger charge is -2.15. The Morgan fingerprint density at radius 2 is 1.80 bits per heavy atom. The first-order valence-corrected chi connectivity index (χ1v) is 5.54. The summed E-state index contributed by atoms with van der Waals surface area (Å²) < 4.78 is 39.5. The van der Waals surface area contributed by atoms with Gasteiger partial charge in [-0.25, -0.2) is 4.79 Å². The van der Waals surface area contributed by atoms with Gasteiger partial charge in [0.05, 0.1) is 0 Å². The molecule has 20 heavy (non-hydrogen) atoms. The fourth-order valence-electron chi connectivity index (χ4n) is 1.25. The molecule has 0 radical (unpaired) electrons. The number of alkyl halides is 3. The quantitative estimate of drug-likeness (QED) is 0.931. The van der Waals surface area contributed by atoms with Crippen LogP contribution in [0.4, 0.5) is 29.3 Å². The Hall–Kier alpha value is -2.25. The molecular weight excluding hydrogens is 277 g/mol. The molecule has 0 bridgehead atoms. The van der Waals surface area contributed by atoms with Crippen LogP contribution in [0.15, 0.2) is 24.3 Å². The minimum Gasteiger partial charge on any atom is -0.440 e. The molecule has 5 nitrogen and oxygen atoms in total. The summed E-state index contributed by atoms with van der Waals surface area (Å²) in [6.07, 6.45) is -5.76. The number of rotatable bonds is 3. The minimum atomic E-state index is -4.56. The van der Waals surface area contributed by atoms with Crippen molar-refractivity contribution in [3.8, 4) is 0 Å². The number of amides is 2. The highest BCUT2D eigenvalue weighted by Gasteiger charge is 2.29. The van der Waals surface area contributed by atoms with Crippen LogP contribution in [0.1, 0.15) is 6.92 Å². The molecule has 0 aliphatic carbocycles. The minimum absolute atomic E-state index is 0.171. The van der Waals surface area contributed by atoms with E-state index in [0.717, 1.165) is 0 Å². The Morgan fingerprint density at radius 1 is 1.25 bits per heavy atom. The molecular formula is C12H13F3N2O3. The molecule has 2 amide bonds. The molecule has 0 spiro atoms. The number of carbonyl (C=O) groups is 2. The molecule has 0 aromatic heterocycles. The van der Waals surface area contributed by atoms with E-state index in [1.807, 2.05) is 0 Å². The Balaban J connectivity index is 2.57. The fraction of sp³-hybridized carbons (Fsp3) is 0.333. The second-order valence-corrected chi connectivity index (χ2v) is 3.94. The second kappa shape index (κ2) is 6.27. The van der Waals surface area contributed by atoms with Gasteiger partial charge in [-0.2, -0.15) is 13.2 Å². The zero-order valence-electron chi connectivity index (χ0n) is 10.8. The number of anilines is 2. The lowest BCUT2D eigenvalue weighted by Crippen LogP contribution is -2.24. The number of halogens is 3. The number of carbonyl (C=O) groups excluding carboxylic acids is 2. The van der Waals surface area contributed by atoms with E-state index in [1.165, 1.54) is 24.0 Å². The predicted molar refractivity (Wildman–Crippen MR) is 66.6 cm³/mol. The Morgan fingerprint density at radius 3 is 2.25 bits per heavy atom. The SMILES string of the molecule is CC(=O)N(C)c1ccc(NC(=O)OCC(F)(F)F)cc1. The molecule has 0 fully saturated rings. The van der Waals surface area contributed by atoms with Crippen molar-refractivity contribution in [2.75, 3.05) is 23.9 Å². The molecule has 110 valence electrons. The first kappa shape index (κ1) is 15.8. The summed E-state index contributed by atoms with van der Waals surface area (Å²) in [6.45, 7) is -0.259. The number of ether oxygens (including phenoxy) is 1. The highest BCUT2D eigenvalue weighted by molar-refractivity contribution is 5.91. The zero-order valence-corrected chi connectivity index (χ0v) is 10.8. The van der Waals surface area contributed by atoms with Crippen molar-refractivity contribution >= 4 is 23.4 Å². The molecule has 0 heterocycles. The standard InChI is InChI=1S/C12H13F3N2O3/c1-8(18)17(2)10-5-3-9(4-6-10)16-11(19)20-7-12(13,14)15/h3-6H,7H2,1-2H3,(H,16,19). The van der Waals surface area contributed by atoms with E-state index < -0.39 is 18.9 Å². The third-order valence-electron chi connectivity index (χ3n) is 2.34. The van der Waals surface area contributed by atoms with Gasteiger partial charge in [-0.1, -0.05) is 0 Å². The second-order valence-electron chi connectivity index (χ2n) is 3.94. The molecule has 1 N–H and O–H groups in total. The van der Waals surface area contributed by atoms with Gasteiger partial charge < -0.3 is 9.64 Å². The lowest BCUT2D eigenvalue weighted by molar-refractivity contribution is -0.159. The maximum atomic E-state index is 11.8. The summed E-state index contributed by atoms with van der Waals surface area (Å²) in [4.78, 5) is 23.6. The van der Waals surface area contributed by atoms with Crippen LogP contribution in [0.5, 0.6) is 0 Å². The van der Waals surface area contributed by atoms with Crippen molar-refractivity contribution in [2.45, 2.75) is 13.1 Å². The van der Waals surface area contributed by atoms with Gasteiger partial charge in [0.2, 0.25) is 5.91 Å². The molecule has 0 saturated heterocycles. The molecule has 0 atom stereocenters. The van der Waals surface area contributed by atoms with Crippen LogP contribution in [-0.4, -0.2) is 31.8 Å². The van der Waals surface area contributed by atoms with Crippen LogP contribution >= 0.6 is 0 Å². The van der Waals surface area contributed by atoms with E-state index in [1.54, 1.807) is 19.2 Å². The van der Waals surface area contributed by atoms with E-state index in [0.29, 0.717) is 5.69 Å². The van der Waals surface area contributed by atoms with Crippen molar-refractivity contribution in [1.29, 1.82) is 0 Å². The Bertz CT molecular complexity index is 486. The molecule has 0 aliphatic heterocycles. The number of hydrogen-bond donors (Lipinski definition) is 1. The zero-order chi connectivity index (χ0) is 15.3. The van der Waals surface area contributed by atoms with Crippen molar-refractivity contribution in [3.63, 3.8) is 0 Å². The van der Waals surface area contributed by atoms with Gasteiger partial charge >= 0.3 is 12.3 Å². The molecule has 0 saturated carbocycles. The summed E-state index contributed by atoms with van der Waals surface area (Å²) in [5.74, 6) is -0.171. The summed E-state index contributed by atoms with van der Waals surface area (Å²) >= 11 is 0. The lowest BCUT2D eigenvalue weighted by atomic mass is 10.2. The van der Waals surface area contributed by atoms with E-state index in [-0.39, 0.29) is 11.6 Å². The van der Waals surface area contributed by atoms with Crippen molar-refractivity contribution in [2.24, 2.45) is 0 Å². The van der Waals surface area contributed by atoms with Crippen LogP contribution in [0, 0.1) is 0 Å². The van der Waals surface area contributed by atoms with Gasteiger partial charge in [0.15, 0.2) is 6.61 Å². The van der Waals surface area contributed by atoms with Gasteiger partial charge in [0.25, 0.3) is 0 Å². The topological polar surface area (TPSA) is 58.6 Å². The molecule has 0 aliphatic rings. The molecule has 0 unspecified atom stereocenters. The average molecular weight is 290 g/mol. The van der Waals surface area contributed by atoms with Crippen LogP contribution in [0.25, 0.3) is 0 Å². The van der Waals surface area contributed by atoms with Crippen LogP contribution in [-0.2, 0) is 9.53 Å². The first-order chi connectivity index (χ1) is 9.19. The van der Waals surface area contributed by atoms with Gasteiger partial charge in [-0.05, 0) is 24.3 Å². The van der Waals surface area contributed by atoms with Gasteiger partial charge in [0, 0.05) is 25.3 Å². The van der Waals surface area contributed by atoms with E-state index in [2.05, 4.69) is 10.1 Å². The van der Waals surface area contributed by atoms with Crippen molar-refractivity contribution < 1.29 is 27.5 Å². The summed E-state index contributed by atoms with van der Waals surface area (Å²) in [5, 5.41) is 2.15. The summed E-state index contributed by atoms with van der Waals surface area (Å²) in [5.41, 5.74) is 0.851. The Kier molecular flexibility index (Phi) is 4.95. The van der Waals surface area contributed by atoms with Gasteiger partial charge in [-0.3, -0.25) is 10.1 Å². The van der Waals surface area contributed by atoms with Crippen LogP contribution in [0.2, 0.25) is 0 Å². The van der Waals surface area contributed by atoms with Crippen molar-refractivity contribution in [3.05, 3.63) is 24.3 Å². The monoisotopic (exact) mass is 290 g/mol. The summed E-state index contributed by atoms with van der Waals surface area (Å²) in [6, 6.07) is 5.98. The molecule has 1 aromatic carbocycles. The largest absolute Gasteiger partial charge is 0.440 e. The number of nitrogens with zero attached hydrogens (tertiary/aromatic N) is 1. The van der Waals surface area contributed by atoms with Gasteiger partial charge in [-0.15, -0.1) is 0 Å². The smallest absolute Gasteiger partial charge is 0.422 e. The highest BCUT2D eigenvalue weighted by Crippen LogP contribution is 2.18. The third-order valence-corrected chi connectivity index (χ3v) is 2.34. The highest BCUT2D eigenvalue weighted by atomic mass is 19.4. The fourth-order valence-corrected chi connectivity index (χ4v) is 1.25. The number of nitrogens with one attached hydrogen (secondary N) is 1. The predicted octanol–water partition coefficient (Wildman–Crippen LogP) is 2.78. The third kappa shape index (κ3) is 5.17. The number of benzene rings is 1. The Labute approximate surface area is 113 Å². The van der Waals surface area contributed by atoms with E-state index >= 15 is 0 Å². The molecule has 8 heteroatoms. The van der Waals surface area contributed by atoms with Crippen LogP contribution < -0.4 is 10.2 Å². The normalized spacial score (nSPS) is 10.8. The maximum absolute atomic E-state index is 11.8. The number of hydrogen-bond acceptors (Lipinski definition) is 3. The average Bonchev–Trinajstić information content (AvgIpc) is 2.35. The maximum Gasteiger partial charge on any atom is 0.422 e.